The van der Waals surface area contributed by atoms with E-state index in [1.165, 1.54) is 6.92 Å². The molecule has 1 rings (SSSR count). The Morgan fingerprint density at radius 1 is 1.20 bits per heavy atom. The Morgan fingerprint density at radius 3 is 1.95 bits per heavy atom. The quantitative estimate of drug-likeness (QED) is 0.482. The number of rotatable bonds is 3. The number of hydrogen-bond acceptors (Lipinski definition) is 2. The maximum atomic E-state index is 13.0. The molecule has 0 unspecified atom stereocenters. The van der Waals surface area contributed by atoms with E-state index in [0.29, 0.717) is 6.08 Å². The van der Waals surface area contributed by atoms with E-state index in [4.69, 9.17) is 0 Å². The molecule has 116 valence electrons. The van der Waals surface area contributed by atoms with E-state index in [1.807, 2.05) is 0 Å². The Morgan fingerprint density at radius 2 is 1.65 bits per heavy atom. The molecule has 0 aromatic heterocycles. The maximum Gasteiger partial charge on any atom is 0.404 e. The number of halogens is 8. The highest BCUT2D eigenvalue weighted by Crippen LogP contribution is 2.75. The minimum Gasteiger partial charge on any atom is -0.466 e. The van der Waals surface area contributed by atoms with Crippen LogP contribution in [-0.4, -0.2) is 24.9 Å². The van der Waals surface area contributed by atoms with Gasteiger partial charge in [-0.1, -0.05) is 6.08 Å². The van der Waals surface area contributed by atoms with Crippen molar-refractivity contribution in [1.82, 2.24) is 0 Å². The Hall–Kier alpha value is -0.250. The first-order valence-corrected chi connectivity index (χ1v) is 6.82. The normalized spacial score (nSPS) is 25.1. The Kier molecular flexibility index (Phi) is 4.90. The van der Waals surface area contributed by atoms with Gasteiger partial charge in [0.05, 0.1) is 15.9 Å². The molecule has 1 aliphatic carbocycles. The van der Waals surface area contributed by atoms with Crippen LogP contribution in [0.4, 0.5) is 26.3 Å². The SMILES string of the molecule is CCOC(=O)[C@@H]1[C@@H](C=C(Br)Br)C1(C(F)(F)F)C(F)(F)F. The fourth-order valence-electron chi connectivity index (χ4n) is 2.23. The minimum absolute atomic E-state index is 0.0975. The summed E-state index contributed by atoms with van der Waals surface area (Å²) in [5.41, 5.74) is -4.10. The summed E-state index contributed by atoms with van der Waals surface area (Å²) in [5.74, 6) is -5.90. The van der Waals surface area contributed by atoms with Gasteiger partial charge in [-0.3, -0.25) is 4.79 Å². The van der Waals surface area contributed by atoms with Crippen molar-refractivity contribution in [3.63, 3.8) is 0 Å². The lowest BCUT2D eigenvalue weighted by molar-refractivity contribution is -0.308. The molecule has 0 aromatic carbocycles. The van der Waals surface area contributed by atoms with E-state index in [2.05, 4.69) is 36.6 Å². The van der Waals surface area contributed by atoms with Gasteiger partial charge in [0.15, 0.2) is 5.41 Å². The molecule has 0 saturated heterocycles. The second kappa shape index (κ2) is 5.51. The average molecular weight is 434 g/mol. The molecule has 1 aliphatic rings. The van der Waals surface area contributed by atoms with Crippen LogP contribution in [0.3, 0.4) is 0 Å². The number of hydrogen-bond donors (Lipinski definition) is 0. The first-order valence-electron chi connectivity index (χ1n) is 5.24. The van der Waals surface area contributed by atoms with E-state index in [9.17, 15) is 31.1 Å². The minimum atomic E-state index is -5.61. The molecule has 2 nitrogen and oxygen atoms in total. The van der Waals surface area contributed by atoms with Crippen molar-refractivity contribution in [1.29, 1.82) is 0 Å². The fourth-order valence-corrected chi connectivity index (χ4v) is 2.80. The van der Waals surface area contributed by atoms with E-state index in [0.717, 1.165) is 0 Å². The van der Waals surface area contributed by atoms with E-state index in [-0.39, 0.29) is 10.00 Å². The van der Waals surface area contributed by atoms with Crippen LogP contribution in [0.2, 0.25) is 0 Å². The number of esters is 1. The number of carbonyl (C=O) groups excluding carboxylic acids is 1. The smallest absolute Gasteiger partial charge is 0.404 e. The van der Waals surface area contributed by atoms with Gasteiger partial charge in [-0.2, -0.15) is 26.3 Å². The van der Waals surface area contributed by atoms with Crippen molar-refractivity contribution in [3.8, 4) is 0 Å². The molecule has 1 saturated carbocycles. The Labute approximate surface area is 126 Å². The molecule has 0 amide bonds. The van der Waals surface area contributed by atoms with Crippen molar-refractivity contribution in [2.45, 2.75) is 19.3 Å². The molecule has 0 aromatic rings. The first-order chi connectivity index (χ1) is 8.91. The summed E-state index contributed by atoms with van der Waals surface area (Å²) in [5, 5.41) is 0. The standard InChI is InChI=1S/C10H8Br2F6O2/c1-2-20-7(19)6-4(3-5(11)12)8(6,9(13,14)15)10(16,17)18/h3-4,6H,2H2,1H3/t4-,6+/m1/s1. The van der Waals surface area contributed by atoms with Gasteiger partial charge in [0.1, 0.15) is 0 Å². The first kappa shape index (κ1) is 17.8. The second-order valence-corrected chi connectivity index (χ2v) is 6.85. The van der Waals surface area contributed by atoms with Crippen LogP contribution in [-0.2, 0) is 9.53 Å². The van der Waals surface area contributed by atoms with Crippen molar-refractivity contribution >= 4 is 37.8 Å². The van der Waals surface area contributed by atoms with E-state index in [1.54, 1.807) is 0 Å². The predicted molar refractivity (Wildman–Crippen MR) is 64.1 cm³/mol. The summed E-state index contributed by atoms with van der Waals surface area (Å²) in [6.07, 6.45) is -10.6. The highest BCUT2D eigenvalue weighted by molar-refractivity contribution is 9.28. The van der Waals surface area contributed by atoms with Crippen molar-refractivity contribution in [3.05, 3.63) is 9.47 Å². The summed E-state index contributed by atoms with van der Waals surface area (Å²) < 4.78 is 82.0. The van der Waals surface area contributed by atoms with Gasteiger partial charge in [0.25, 0.3) is 0 Å². The number of allylic oxidation sites excluding steroid dienone is 1. The van der Waals surface area contributed by atoms with Crippen LogP contribution >= 0.6 is 31.9 Å². The van der Waals surface area contributed by atoms with E-state index >= 15 is 0 Å². The van der Waals surface area contributed by atoms with Crippen molar-refractivity contribution in [2.75, 3.05) is 6.61 Å². The number of carbonyl (C=O) groups is 1. The predicted octanol–water partition coefficient (Wildman–Crippen LogP) is 4.54. The third kappa shape index (κ3) is 2.72. The lowest BCUT2D eigenvalue weighted by Crippen LogP contribution is -2.42. The molecule has 0 heterocycles. The third-order valence-electron chi connectivity index (χ3n) is 3.05. The van der Waals surface area contributed by atoms with Gasteiger partial charge in [-0.15, -0.1) is 0 Å². The average Bonchev–Trinajstić information content (AvgIpc) is 2.85. The summed E-state index contributed by atoms with van der Waals surface area (Å²) in [4.78, 5) is 11.4. The molecule has 0 N–H and O–H groups in total. The van der Waals surface area contributed by atoms with Crippen molar-refractivity contribution in [2.24, 2.45) is 17.3 Å². The molecule has 1 fully saturated rings. The summed E-state index contributed by atoms with van der Waals surface area (Å²) in [6, 6.07) is 0. The second-order valence-electron chi connectivity index (χ2n) is 4.08. The molecular formula is C10H8Br2F6O2. The van der Waals surface area contributed by atoms with Crippen LogP contribution in [0.15, 0.2) is 9.47 Å². The molecule has 0 aliphatic heterocycles. The lowest BCUT2D eigenvalue weighted by atomic mass is 10.0. The molecule has 0 bridgehead atoms. The number of alkyl halides is 6. The fraction of sp³-hybridized carbons (Fsp3) is 0.700. The van der Waals surface area contributed by atoms with Gasteiger partial charge in [-0.25, -0.2) is 0 Å². The zero-order valence-corrected chi connectivity index (χ0v) is 13.0. The Balaban J connectivity index is 3.34. The number of ether oxygens (including phenoxy) is 1. The third-order valence-corrected chi connectivity index (χ3v) is 3.58. The molecule has 0 spiro atoms. The van der Waals surface area contributed by atoms with Gasteiger partial charge < -0.3 is 4.74 Å². The van der Waals surface area contributed by atoms with Gasteiger partial charge in [0, 0.05) is 5.92 Å². The van der Waals surface area contributed by atoms with E-state index < -0.39 is 35.6 Å². The van der Waals surface area contributed by atoms with Gasteiger partial charge >= 0.3 is 18.3 Å². The summed E-state index contributed by atoms with van der Waals surface area (Å²) in [6.45, 7) is 1.00. The van der Waals surface area contributed by atoms with Gasteiger partial charge in [0.2, 0.25) is 0 Å². The highest BCUT2D eigenvalue weighted by atomic mass is 79.9. The van der Waals surface area contributed by atoms with Crippen LogP contribution in [0, 0.1) is 17.3 Å². The molecule has 10 heteroatoms. The summed E-state index contributed by atoms with van der Waals surface area (Å²) >= 11 is 5.41. The maximum absolute atomic E-state index is 13.0. The molecule has 0 radical (unpaired) electrons. The highest BCUT2D eigenvalue weighted by Gasteiger charge is 2.91. The van der Waals surface area contributed by atoms with Crippen LogP contribution in [0.5, 0.6) is 0 Å². The zero-order chi connectivity index (χ0) is 15.9. The zero-order valence-electron chi connectivity index (χ0n) is 9.78. The monoisotopic (exact) mass is 432 g/mol. The van der Waals surface area contributed by atoms with Gasteiger partial charge in [-0.05, 0) is 38.8 Å². The van der Waals surface area contributed by atoms with Crippen LogP contribution < -0.4 is 0 Å². The lowest BCUT2D eigenvalue weighted by Gasteiger charge is -2.24. The molecule has 20 heavy (non-hydrogen) atoms. The topological polar surface area (TPSA) is 26.3 Å². The van der Waals surface area contributed by atoms with Crippen molar-refractivity contribution < 1.29 is 35.9 Å². The Bertz CT molecular complexity index is 410. The molecule has 2 atom stereocenters. The molecular weight excluding hydrogens is 426 g/mol. The van der Waals surface area contributed by atoms with Crippen LogP contribution in [0.1, 0.15) is 6.92 Å². The largest absolute Gasteiger partial charge is 0.466 e. The van der Waals surface area contributed by atoms with Crippen LogP contribution in [0.25, 0.3) is 0 Å². The summed E-state index contributed by atoms with van der Waals surface area (Å²) in [7, 11) is 0.